The smallest absolute Gasteiger partial charge is 0.321 e. The van der Waals surface area contributed by atoms with Crippen LogP contribution in [0, 0.1) is 0 Å². The van der Waals surface area contributed by atoms with Crippen molar-refractivity contribution in [3.63, 3.8) is 0 Å². The third-order valence-corrected chi connectivity index (χ3v) is 8.59. The first-order valence-corrected chi connectivity index (χ1v) is 11.9. The molecule has 0 saturated carbocycles. The van der Waals surface area contributed by atoms with E-state index in [-0.39, 0.29) is 17.8 Å². The van der Waals surface area contributed by atoms with Crippen LogP contribution in [0.15, 0.2) is 54.6 Å². The topological polar surface area (TPSA) is 91.3 Å². The summed E-state index contributed by atoms with van der Waals surface area (Å²) in [5.41, 5.74) is 2.04. The number of ether oxygens (including phenoxy) is 2. The largest absolute Gasteiger partial charge is 0.504 e. The maximum absolute atomic E-state index is 12.2. The molecule has 2 aliphatic carbocycles. The first kappa shape index (κ1) is 21.6. The number of benzene rings is 2. The summed E-state index contributed by atoms with van der Waals surface area (Å²) in [5, 5.41) is 24.2. The lowest BCUT2D eigenvalue weighted by Crippen LogP contribution is -2.77. The number of carboxylic acid groups (broad SMARTS) is 1. The summed E-state index contributed by atoms with van der Waals surface area (Å²) in [7, 11) is 3.89. The van der Waals surface area contributed by atoms with Crippen LogP contribution in [0.1, 0.15) is 23.1 Å². The lowest BCUT2D eigenvalue weighted by Gasteiger charge is -2.63. The molecule has 2 heterocycles. The zero-order chi connectivity index (χ0) is 23.7. The van der Waals surface area contributed by atoms with Gasteiger partial charge in [-0.15, -0.1) is 0 Å². The Morgan fingerprint density at radius 2 is 2.09 bits per heavy atom. The lowest BCUT2D eigenvalue weighted by molar-refractivity contribution is -0.158. The molecular formula is C27H30N2O5. The molecule has 7 nitrogen and oxygen atoms in total. The summed E-state index contributed by atoms with van der Waals surface area (Å²) in [6, 6.07) is 12.3. The van der Waals surface area contributed by atoms with Crippen molar-refractivity contribution in [1.82, 2.24) is 10.2 Å². The number of nitrogens with one attached hydrogen (secondary N) is 1. The minimum atomic E-state index is -0.901. The number of aliphatic carboxylic acids is 1. The van der Waals surface area contributed by atoms with Gasteiger partial charge in [0.1, 0.15) is 17.7 Å². The molecule has 1 fully saturated rings. The van der Waals surface area contributed by atoms with Gasteiger partial charge in [-0.2, -0.15) is 0 Å². The fourth-order valence-electron chi connectivity index (χ4n) is 7.11. The van der Waals surface area contributed by atoms with Gasteiger partial charge in [0.05, 0.1) is 11.5 Å². The highest BCUT2D eigenvalue weighted by Crippen LogP contribution is 2.64. The van der Waals surface area contributed by atoms with Gasteiger partial charge in [0.15, 0.2) is 11.5 Å². The van der Waals surface area contributed by atoms with Gasteiger partial charge in [-0.05, 0) is 50.0 Å². The molecular weight excluding hydrogens is 432 g/mol. The minimum absolute atomic E-state index is 0.122. The number of hydrogen-bond donors (Lipinski definition) is 3. The second kappa shape index (κ2) is 7.57. The number of hydrogen-bond acceptors (Lipinski definition) is 6. The van der Waals surface area contributed by atoms with Crippen molar-refractivity contribution in [2.24, 2.45) is 0 Å². The molecule has 2 aromatic carbocycles. The lowest BCUT2D eigenvalue weighted by atomic mass is 9.50. The molecule has 2 aromatic rings. The molecule has 0 amide bonds. The van der Waals surface area contributed by atoms with Gasteiger partial charge < -0.3 is 19.7 Å². The molecule has 0 unspecified atom stereocenters. The quantitative estimate of drug-likeness (QED) is 0.568. The molecule has 6 atom stereocenters. The van der Waals surface area contributed by atoms with Crippen LogP contribution in [0.2, 0.25) is 0 Å². The molecule has 4 aliphatic rings. The Hall–Kier alpha value is -2.87. The zero-order valence-corrected chi connectivity index (χ0v) is 19.4. The summed E-state index contributed by atoms with van der Waals surface area (Å²) in [4.78, 5) is 14.6. The fraction of sp³-hybridized carbons (Fsp3) is 0.444. The van der Waals surface area contributed by atoms with E-state index in [1.807, 2.05) is 42.5 Å². The molecule has 34 heavy (non-hydrogen) atoms. The molecule has 1 saturated heterocycles. The van der Waals surface area contributed by atoms with Crippen LogP contribution in [0.3, 0.4) is 0 Å². The van der Waals surface area contributed by atoms with E-state index in [0.29, 0.717) is 12.2 Å². The van der Waals surface area contributed by atoms with Gasteiger partial charge in [-0.3, -0.25) is 15.0 Å². The van der Waals surface area contributed by atoms with E-state index in [1.165, 1.54) is 5.56 Å². The number of likely N-dealkylation sites (N-methyl/N-ethyl adjacent to an activating group) is 1. The molecule has 2 bridgehead atoms. The monoisotopic (exact) mass is 462 g/mol. The van der Waals surface area contributed by atoms with Gasteiger partial charge in [0.25, 0.3) is 0 Å². The van der Waals surface area contributed by atoms with E-state index in [2.05, 4.69) is 23.3 Å². The van der Waals surface area contributed by atoms with Gasteiger partial charge in [0, 0.05) is 18.7 Å². The Bertz CT molecular complexity index is 1170. The second-order valence-corrected chi connectivity index (χ2v) is 10.0. The zero-order valence-electron chi connectivity index (χ0n) is 19.4. The number of likely N-dealkylation sites (tertiary alicyclic amines) is 1. The molecule has 6 rings (SSSR count). The van der Waals surface area contributed by atoms with E-state index in [0.717, 1.165) is 30.5 Å². The van der Waals surface area contributed by atoms with Crippen LogP contribution in [-0.4, -0.2) is 71.6 Å². The van der Waals surface area contributed by atoms with Crippen LogP contribution in [0.25, 0.3) is 0 Å². The molecule has 0 aromatic heterocycles. The number of nitrogens with zero attached hydrogens (tertiary/aromatic N) is 1. The first-order chi connectivity index (χ1) is 16.4. The van der Waals surface area contributed by atoms with Crippen LogP contribution in [0.5, 0.6) is 11.5 Å². The summed E-state index contributed by atoms with van der Waals surface area (Å²) in [5.74, 6) is -0.248. The van der Waals surface area contributed by atoms with E-state index in [4.69, 9.17) is 9.47 Å². The van der Waals surface area contributed by atoms with Crippen LogP contribution in [-0.2, 0) is 27.8 Å². The molecule has 3 N–H and O–H groups in total. The number of aromatic hydroxyl groups is 1. The summed E-state index contributed by atoms with van der Waals surface area (Å²) in [6.45, 7) is 0.872. The molecule has 1 spiro atoms. The predicted octanol–water partition coefficient (Wildman–Crippen LogP) is 2.26. The number of methoxy groups -OCH3 is 1. The van der Waals surface area contributed by atoms with Crippen molar-refractivity contribution in [3.8, 4) is 11.5 Å². The Morgan fingerprint density at radius 1 is 1.29 bits per heavy atom. The van der Waals surface area contributed by atoms with Gasteiger partial charge in [0.2, 0.25) is 0 Å². The number of piperidine rings is 1. The highest BCUT2D eigenvalue weighted by Gasteiger charge is 2.72. The Labute approximate surface area is 199 Å². The van der Waals surface area contributed by atoms with Crippen molar-refractivity contribution in [3.05, 3.63) is 71.3 Å². The summed E-state index contributed by atoms with van der Waals surface area (Å²) < 4.78 is 12.9. The maximum Gasteiger partial charge on any atom is 0.321 e. The van der Waals surface area contributed by atoms with E-state index < -0.39 is 29.1 Å². The van der Waals surface area contributed by atoms with Crippen LogP contribution in [0.4, 0.5) is 0 Å². The van der Waals surface area contributed by atoms with Crippen LogP contribution >= 0.6 is 0 Å². The van der Waals surface area contributed by atoms with Crippen molar-refractivity contribution in [1.29, 1.82) is 0 Å². The standard InChI is InChI=1S/C27H30N2O5/c1-29-13-12-26-22-17-8-9-20(30)23(22)34-24(26)18(10-11-27(26,33-2)21(29)15-17)28-19(25(31)32)14-16-6-4-3-5-7-16/h3-11,18-19,21,24,28,30H,12-15H2,1-2H3,(H,31,32)/t18-,19-,21+,24-,26-,27+/m0/s1. The molecule has 2 aliphatic heterocycles. The number of phenols is 1. The van der Waals surface area contributed by atoms with E-state index >= 15 is 0 Å². The van der Waals surface area contributed by atoms with Crippen molar-refractivity contribution >= 4 is 5.97 Å². The minimum Gasteiger partial charge on any atom is -0.504 e. The average Bonchev–Trinajstić information content (AvgIpc) is 3.20. The van der Waals surface area contributed by atoms with E-state index in [9.17, 15) is 15.0 Å². The Morgan fingerprint density at radius 3 is 2.82 bits per heavy atom. The van der Waals surface area contributed by atoms with Crippen molar-refractivity contribution in [2.45, 2.75) is 54.5 Å². The molecule has 7 heteroatoms. The Balaban J connectivity index is 1.45. The highest BCUT2D eigenvalue weighted by molar-refractivity contribution is 5.74. The fourth-order valence-corrected chi connectivity index (χ4v) is 7.11. The normalized spacial score (nSPS) is 33.8. The van der Waals surface area contributed by atoms with Crippen molar-refractivity contribution < 1.29 is 24.5 Å². The number of rotatable bonds is 6. The van der Waals surface area contributed by atoms with Crippen molar-refractivity contribution in [2.75, 3.05) is 20.7 Å². The maximum atomic E-state index is 12.2. The number of carboxylic acids is 1. The summed E-state index contributed by atoms with van der Waals surface area (Å²) >= 11 is 0. The van der Waals surface area contributed by atoms with Crippen LogP contribution < -0.4 is 10.1 Å². The summed E-state index contributed by atoms with van der Waals surface area (Å²) in [6.07, 6.45) is 5.72. The number of carbonyl (C=O) groups is 1. The average molecular weight is 463 g/mol. The second-order valence-electron chi connectivity index (χ2n) is 10.0. The van der Waals surface area contributed by atoms with Gasteiger partial charge in [-0.25, -0.2) is 0 Å². The molecule has 178 valence electrons. The molecule has 0 radical (unpaired) electrons. The van der Waals surface area contributed by atoms with E-state index in [1.54, 1.807) is 13.2 Å². The highest BCUT2D eigenvalue weighted by atomic mass is 16.5. The van der Waals surface area contributed by atoms with Gasteiger partial charge in [-0.1, -0.05) is 48.6 Å². The third kappa shape index (κ3) is 2.72. The van der Waals surface area contributed by atoms with Gasteiger partial charge >= 0.3 is 5.97 Å². The third-order valence-electron chi connectivity index (χ3n) is 8.59. The predicted molar refractivity (Wildman–Crippen MR) is 126 cm³/mol. The Kier molecular flexibility index (Phi) is 4.82. The number of phenolic OH excluding ortho intramolecular Hbond substituents is 1. The first-order valence-electron chi connectivity index (χ1n) is 11.9. The SMILES string of the molecule is CO[C@@]12C=C[C@H](N[C@@H](Cc3ccccc3)C(=O)O)[C@@H]3Oc4c(O)ccc5c4[C@@]31CCN(C)[C@@H]2C5.